The fraction of sp³-hybridized carbons (Fsp3) is 0.529. The van der Waals surface area contributed by atoms with Crippen LogP contribution in [0.25, 0.3) is 0 Å². The number of carbonyl (C=O) groups is 2. The largest absolute Gasteiger partial charge is 0.479 e. The molecule has 0 radical (unpaired) electrons. The maximum absolute atomic E-state index is 12.5. The first kappa shape index (κ1) is 16.3. The highest BCUT2D eigenvalue weighted by atomic mass is 35.5. The summed E-state index contributed by atoms with van der Waals surface area (Å²) >= 11 is 5.94. The first-order valence-corrected chi connectivity index (χ1v) is 8.35. The van der Waals surface area contributed by atoms with Crippen LogP contribution in [0, 0.1) is 5.92 Å². The third-order valence-electron chi connectivity index (χ3n) is 4.75. The number of rotatable bonds is 3. The molecular formula is C17H20ClNO4. The van der Waals surface area contributed by atoms with Crippen molar-refractivity contribution in [3.8, 4) is 0 Å². The Kier molecular flexibility index (Phi) is 4.87. The fourth-order valence-corrected chi connectivity index (χ4v) is 3.66. The van der Waals surface area contributed by atoms with Gasteiger partial charge in [0.1, 0.15) is 0 Å². The number of nitrogens with zero attached hydrogens (tertiary/aromatic N) is 1. The summed E-state index contributed by atoms with van der Waals surface area (Å²) in [4.78, 5) is 25.3. The van der Waals surface area contributed by atoms with Crippen molar-refractivity contribution in [1.29, 1.82) is 0 Å². The molecule has 0 saturated carbocycles. The van der Waals surface area contributed by atoms with Gasteiger partial charge in [-0.05, 0) is 49.8 Å². The summed E-state index contributed by atoms with van der Waals surface area (Å²) in [5.41, 5.74) is 0.610. The van der Waals surface area contributed by atoms with Crippen LogP contribution in [0.2, 0.25) is 5.02 Å². The van der Waals surface area contributed by atoms with Crippen LogP contribution in [0.1, 0.15) is 36.0 Å². The van der Waals surface area contributed by atoms with Crippen LogP contribution in [0.15, 0.2) is 24.3 Å². The van der Waals surface area contributed by atoms with Crippen molar-refractivity contribution in [3.63, 3.8) is 0 Å². The van der Waals surface area contributed by atoms with Gasteiger partial charge in [-0.1, -0.05) is 17.7 Å². The number of benzene rings is 1. The summed E-state index contributed by atoms with van der Waals surface area (Å²) in [7, 11) is 0. The second-order valence-electron chi connectivity index (χ2n) is 6.22. The summed E-state index contributed by atoms with van der Waals surface area (Å²) in [6.07, 6.45) is 2.43. The Morgan fingerprint density at radius 3 is 2.52 bits per heavy atom. The molecule has 2 saturated heterocycles. The normalized spacial score (nSPS) is 25.5. The van der Waals surface area contributed by atoms with Crippen molar-refractivity contribution in [2.75, 3.05) is 13.1 Å². The van der Waals surface area contributed by atoms with E-state index in [0.29, 0.717) is 36.0 Å². The van der Waals surface area contributed by atoms with Gasteiger partial charge >= 0.3 is 5.97 Å². The van der Waals surface area contributed by atoms with Crippen molar-refractivity contribution in [2.24, 2.45) is 5.92 Å². The number of hydrogen-bond donors (Lipinski definition) is 1. The molecule has 6 heteroatoms. The summed E-state index contributed by atoms with van der Waals surface area (Å²) in [5, 5.41) is 9.56. The number of amides is 1. The number of ether oxygens (including phenoxy) is 1. The van der Waals surface area contributed by atoms with E-state index < -0.39 is 12.1 Å². The fourth-order valence-electron chi connectivity index (χ4n) is 3.47. The second kappa shape index (κ2) is 6.89. The molecule has 3 rings (SSSR count). The third kappa shape index (κ3) is 3.67. The highest BCUT2D eigenvalue weighted by molar-refractivity contribution is 6.30. The lowest BCUT2D eigenvalue weighted by Crippen LogP contribution is -2.41. The van der Waals surface area contributed by atoms with E-state index in [2.05, 4.69) is 0 Å². The smallest absolute Gasteiger partial charge is 0.332 e. The van der Waals surface area contributed by atoms with Crippen molar-refractivity contribution in [1.82, 2.24) is 4.90 Å². The highest BCUT2D eigenvalue weighted by Crippen LogP contribution is 2.32. The summed E-state index contributed by atoms with van der Waals surface area (Å²) in [6, 6.07) is 6.99. The Balaban J connectivity index is 1.54. The summed E-state index contributed by atoms with van der Waals surface area (Å²) in [6.45, 7) is 1.35. The minimum Gasteiger partial charge on any atom is -0.479 e. The maximum Gasteiger partial charge on any atom is 0.332 e. The average Bonchev–Trinajstić information content (AvgIpc) is 3.04. The van der Waals surface area contributed by atoms with Gasteiger partial charge in [-0.2, -0.15) is 0 Å². The molecule has 1 aromatic rings. The number of hydrogen-bond acceptors (Lipinski definition) is 3. The molecule has 0 aliphatic carbocycles. The SMILES string of the molecule is O=C(O)[C@H]1CC[C@@H](C2CCN(C(=O)c3cccc(Cl)c3)CC2)O1. The molecule has 2 aliphatic heterocycles. The molecular weight excluding hydrogens is 318 g/mol. The van der Waals surface area contributed by atoms with Crippen molar-refractivity contribution < 1.29 is 19.4 Å². The number of likely N-dealkylation sites (tertiary alicyclic amines) is 1. The van der Waals surface area contributed by atoms with Crippen molar-refractivity contribution >= 4 is 23.5 Å². The molecule has 0 spiro atoms. The van der Waals surface area contributed by atoms with Gasteiger partial charge in [0.15, 0.2) is 6.10 Å². The maximum atomic E-state index is 12.5. The molecule has 5 nitrogen and oxygen atoms in total. The van der Waals surface area contributed by atoms with Gasteiger partial charge in [0.25, 0.3) is 5.91 Å². The molecule has 2 aliphatic rings. The lowest BCUT2D eigenvalue weighted by Gasteiger charge is -2.34. The van der Waals surface area contributed by atoms with E-state index in [9.17, 15) is 9.59 Å². The van der Waals surface area contributed by atoms with E-state index in [1.54, 1.807) is 24.3 Å². The Morgan fingerprint density at radius 2 is 1.91 bits per heavy atom. The number of carbonyl (C=O) groups excluding carboxylic acids is 1. The average molecular weight is 338 g/mol. The lowest BCUT2D eigenvalue weighted by atomic mass is 9.89. The van der Waals surface area contributed by atoms with Crippen LogP contribution in [0.4, 0.5) is 0 Å². The number of carboxylic acids is 1. The number of aliphatic carboxylic acids is 1. The molecule has 1 N–H and O–H groups in total. The quantitative estimate of drug-likeness (QED) is 0.921. The first-order valence-electron chi connectivity index (χ1n) is 7.97. The number of halogens is 1. The molecule has 2 fully saturated rings. The minimum atomic E-state index is -0.874. The Labute approximate surface area is 140 Å². The Morgan fingerprint density at radius 1 is 1.17 bits per heavy atom. The highest BCUT2D eigenvalue weighted by Gasteiger charge is 2.37. The van der Waals surface area contributed by atoms with Crippen LogP contribution in [-0.2, 0) is 9.53 Å². The summed E-state index contributed by atoms with van der Waals surface area (Å²) < 4.78 is 5.64. The predicted molar refractivity (Wildman–Crippen MR) is 85.6 cm³/mol. The van der Waals surface area contributed by atoms with Gasteiger partial charge in [0.2, 0.25) is 0 Å². The molecule has 0 bridgehead atoms. The molecule has 1 aromatic carbocycles. The Hall–Kier alpha value is -1.59. The standard InChI is InChI=1S/C17H20ClNO4/c18-13-3-1-2-12(10-13)16(20)19-8-6-11(7-9-19)14-4-5-15(23-14)17(21)22/h1-3,10-11,14-15H,4-9H2,(H,21,22)/t14-,15+/m0/s1. The van der Waals surface area contributed by atoms with E-state index in [1.165, 1.54) is 0 Å². The van der Waals surface area contributed by atoms with E-state index in [4.69, 9.17) is 21.4 Å². The summed E-state index contributed by atoms with van der Waals surface area (Å²) in [5.74, 6) is -0.537. The zero-order chi connectivity index (χ0) is 16.4. The van der Waals surface area contributed by atoms with E-state index >= 15 is 0 Å². The van der Waals surface area contributed by atoms with Crippen LogP contribution < -0.4 is 0 Å². The molecule has 124 valence electrons. The van der Waals surface area contributed by atoms with Gasteiger partial charge in [-0.25, -0.2) is 4.79 Å². The second-order valence-corrected chi connectivity index (χ2v) is 6.66. The van der Waals surface area contributed by atoms with Gasteiger partial charge in [-0.3, -0.25) is 4.79 Å². The third-order valence-corrected chi connectivity index (χ3v) is 4.99. The molecule has 2 heterocycles. The van der Waals surface area contributed by atoms with Crippen LogP contribution >= 0.6 is 11.6 Å². The van der Waals surface area contributed by atoms with E-state index in [-0.39, 0.29) is 12.0 Å². The van der Waals surface area contributed by atoms with Gasteiger partial charge in [0, 0.05) is 23.7 Å². The van der Waals surface area contributed by atoms with Crippen LogP contribution in [0.3, 0.4) is 0 Å². The minimum absolute atomic E-state index is 0.00158. The van der Waals surface area contributed by atoms with E-state index in [1.807, 2.05) is 4.90 Å². The lowest BCUT2D eigenvalue weighted by molar-refractivity contribution is -0.150. The zero-order valence-electron chi connectivity index (χ0n) is 12.8. The zero-order valence-corrected chi connectivity index (χ0v) is 13.5. The monoisotopic (exact) mass is 337 g/mol. The molecule has 0 aromatic heterocycles. The predicted octanol–water partition coefficient (Wildman–Crippen LogP) is 2.82. The van der Waals surface area contributed by atoms with Gasteiger partial charge in [0.05, 0.1) is 6.10 Å². The van der Waals surface area contributed by atoms with Gasteiger partial charge in [-0.15, -0.1) is 0 Å². The molecule has 1 amide bonds. The number of carboxylic acid groups (broad SMARTS) is 1. The van der Waals surface area contributed by atoms with E-state index in [0.717, 1.165) is 19.3 Å². The topological polar surface area (TPSA) is 66.8 Å². The first-order chi connectivity index (χ1) is 11.0. The molecule has 23 heavy (non-hydrogen) atoms. The van der Waals surface area contributed by atoms with Crippen LogP contribution in [-0.4, -0.2) is 47.2 Å². The Bertz CT molecular complexity index is 598. The van der Waals surface area contributed by atoms with Crippen molar-refractivity contribution in [2.45, 2.75) is 37.9 Å². The number of piperidine rings is 1. The van der Waals surface area contributed by atoms with Crippen molar-refractivity contribution in [3.05, 3.63) is 34.9 Å². The van der Waals surface area contributed by atoms with Gasteiger partial charge < -0.3 is 14.7 Å². The molecule has 0 unspecified atom stereocenters. The van der Waals surface area contributed by atoms with Crippen LogP contribution in [0.5, 0.6) is 0 Å². The molecule has 2 atom stereocenters.